The monoisotopic (exact) mass is 533 g/mol. The molecule has 1 aliphatic rings. The summed E-state index contributed by atoms with van der Waals surface area (Å²) in [7, 11) is 1.77. The van der Waals surface area contributed by atoms with Gasteiger partial charge in [0.2, 0.25) is 5.91 Å². The highest BCUT2D eigenvalue weighted by atomic mass is 32.2. The van der Waals surface area contributed by atoms with Crippen molar-refractivity contribution in [3.8, 4) is 0 Å². The zero-order chi connectivity index (χ0) is 25.9. The van der Waals surface area contributed by atoms with Crippen LogP contribution in [0.15, 0.2) is 70.6 Å². The number of aromatic nitrogens is 2. The number of anilines is 1. The van der Waals surface area contributed by atoms with E-state index < -0.39 is 0 Å². The van der Waals surface area contributed by atoms with Crippen LogP contribution in [0.3, 0.4) is 0 Å². The summed E-state index contributed by atoms with van der Waals surface area (Å²) >= 11 is 2.87. The fourth-order valence-electron chi connectivity index (χ4n) is 4.58. The van der Waals surface area contributed by atoms with Crippen LogP contribution in [0.25, 0.3) is 10.2 Å². The lowest BCUT2D eigenvalue weighted by molar-refractivity contribution is -0.115. The molecule has 192 valence electrons. The molecule has 0 unspecified atom stereocenters. The SMILES string of the molecule is CC(C)[C@H]1Cc2c(sc3nc(SCC(=O)N(C)c4ccccc4)n(CCc4ccccc4)c(=O)c23)CO1. The molecule has 4 aromatic rings. The van der Waals surface area contributed by atoms with Crippen molar-refractivity contribution < 1.29 is 9.53 Å². The lowest BCUT2D eigenvalue weighted by Crippen LogP contribution is -2.30. The third-order valence-electron chi connectivity index (χ3n) is 6.85. The minimum absolute atomic E-state index is 0.0193. The smallest absolute Gasteiger partial charge is 0.263 e. The predicted octanol–water partition coefficient (Wildman–Crippen LogP) is 5.55. The maximum Gasteiger partial charge on any atom is 0.263 e. The molecule has 0 spiro atoms. The number of carbonyl (C=O) groups is 1. The fraction of sp³-hybridized carbons (Fsp3) is 0.345. The van der Waals surface area contributed by atoms with E-state index in [4.69, 9.17) is 9.72 Å². The van der Waals surface area contributed by atoms with Crippen molar-refractivity contribution in [3.05, 3.63) is 87.0 Å². The van der Waals surface area contributed by atoms with Crippen LogP contribution in [0.1, 0.15) is 29.9 Å². The first-order valence-corrected chi connectivity index (χ1v) is 14.4. The number of ether oxygens (including phenoxy) is 1. The fourth-order valence-corrected chi connectivity index (χ4v) is 6.68. The first kappa shape index (κ1) is 25.7. The molecule has 0 radical (unpaired) electrons. The zero-order valence-electron chi connectivity index (χ0n) is 21.3. The number of rotatable bonds is 8. The summed E-state index contributed by atoms with van der Waals surface area (Å²) in [6, 6.07) is 19.7. The topological polar surface area (TPSA) is 64.4 Å². The van der Waals surface area contributed by atoms with Gasteiger partial charge in [-0.3, -0.25) is 14.2 Å². The Hall–Kier alpha value is -2.94. The average Bonchev–Trinajstić information content (AvgIpc) is 3.29. The number of amides is 1. The second-order valence-electron chi connectivity index (χ2n) is 9.65. The Bertz CT molecular complexity index is 1450. The second-order valence-corrected chi connectivity index (χ2v) is 11.7. The summed E-state index contributed by atoms with van der Waals surface area (Å²) in [5.41, 5.74) is 3.07. The zero-order valence-corrected chi connectivity index (χ0v) is 23.0. The highest BCUT2D eigenvalue weighted by Gasteiger charge is 2.28. The largest absolute Gasteiger partial charge is 0.372 e. The van der Waals surface area contributed by atoms with E-state index in [0.717, 1.165) is 38.3 Å². The number of benzene rings is 2. The number of para-hydroxylation sites is 1. The minimum atomic E-state index is -0.0428. The quantitative estimate of drug-likeness (QED) is 0.219. The molecule has 37 heavy (non-hydrogen) atoms. The van der Waals surface area contributed by atoms with Crippen LogP contribution in [-0.2, 0) is 35.5 Å². The van der Waals surface area contributed by atoms with Gasteiger partial charge in [-0.1, -0.05) is 74.1 Å². The lowest BCUT2D eigenvalue weighted by Gasteiger charge is -2.26. The van der Waals surface area contributed by atoms with E-state index in [1.807, 2.05) is 48.5 Å². The number of aryl methyl sites for hydroxylation is 1. The number of thiophene rings is 1. The highest BCUT2D eigenvalue weighted by molar-refractivity contribution is 7.99. The molecular weight excluding hydrogens is 502 g/mol. The van der Waals surface area contributed by atoms with E-state index in [-0.39, 0.29) is 23.3 Å². The van der Waals surface area contributed by atoms with Gasteiger partial charge < -0.3 is 9.64 Å². The summed E-state index contributed by atoms with van der Waals surface area (Å²) in [5, 5.41) is 1.31. The van der Waals surface area contributed by atoms with Gasteiger partial charge in [-0.15, -0.1) is 11.3 Å². The number of hydrogen-bond donors (Lipinski definition) is 0. The Morgan fingerprint density at radius 3 is 2.57 bits per heavy atom. The summed E-state index contributed by atoms with van der Waals surface area (Å²) in [4.78, 5) is 35.4. The summed E-state index contributed by atoms with van der Waals surface area (Å²) in [6.45, 7) is 5.33. The van der Waals surface area contributed by atoms with Crippen LogP contribution in [0.2, 0.25) is 0 Å². The van der Waals surface area contributed by atoms with Gasteiger partial charge in [-0.2, -0.15) is 0 Å². The number of nitrogens with zero attached hydrogens (tertiary/aromatic N) is 3. The third kappa shape index (κ3) is 5.51. The first-order chi connectivity index (χ1) is 17.9. The van der Waals surface area contributed by atoms with Gasteiger partial charge in [0.15, 0.2) is 5.16 Å². The molecule has 1 aliphatic heterocycles. The number of fused-ring (bicyclic) bond motifs is 3. The molecule has 8 heteroatoms. The van der Waals surface area contributed by atoms with E-state index >= 15 is 0 Å². The Morgan fingerprint density at radius 1 is 1.16 bits per heavy atom. The maximum atomic E-state index is 14.0. The molecule has 0 aliphatic carbocycles. The van der Waals surface area contributed by atoms with Crippen molar-refractivity contribution in [2.45, 2.75) is 51.1 Å². The third-order valence-corrected chi connectivity index (χ3v) is 8.91. The Balaban J connectivity index is 1.48. The molecule has 2 aromatic carbocycles. The molecule has 0 saturated carbocycles. The number of thioether (sulfide) groups is 1. The van der Waals surface area contributed by atoms with E-state index in [2.05, 4.69) is 26.0 Å². The molecule has 1 atom stereocenters. The van der Waals surface area contributed by atoms with Gasteiger partial charge in [-0.05, 0) is 35.6 Å². The Kier molecular flexibility index (Phi) is 7.79. The molecule has 0 fully saturated rings. The van der Waals surface area contributed by atoms with Crippen LogP contribution in [-0.4, -0.2) is 34.4 Å². The van der Waals surface area contributed by atoms with Crippen LogP contribution < -0.4 is 10.5 Å². The van der Waals surface area contributed by atoms with Crippen molar-refractivity contribution in [3.63, 3.8) is 0 Å². The van der Waals surface area contributed by atoms with Crippen molar-refractivity contribution in [1.82, 2.24) is 9.55 Å². The van der Waals surface area contributed by atoms with Gasteiger partial charge >= 0.3 is 0 Å². The van der Waals surface area contributed by atoms with Crippen LogP contribution in [0.4, 0.5) is 5.69 Å². The minimum Gasteiger partial charge on any atom is -0.372 e. The van der Waals surface area contributed by atoms with Crippen LogP contribution >= 0.6 is 23.1 Å². The number of hydrogen-bond acceptors (Lipinski definition) is 6. The molecule has 1 amide bonds. The summed E-state index contributed by atoms with van der Waals surface area (Å²) in [6.07, 6.45) is 1.54. The molecule has 0 saturated heterocycles. The van der Waals surface area contributed by atoms with Gasteiger partial charge in [0.1, 0.15) is 4.83 Å². The lowest BCUT2D eigenvalue weighted by atomic mass is 9.96. The van der Waals surface area contributed by atoms with Gasteiger partial charge in [0, 0.05) is 30.6 Å². The van der Waals surface area contributed by atoms with Crippen molar-refractivity contribution >= 4 is 44.9 Å². The van der Waals surface area contributed by atoms with Gasteiger partial charge in [-0.25, -0.2) is 4.98 Å². The summed E-state index contributed by atoms with van der Waals surface area (Å²) < 4.78 is 7.83. The van der Waals surface area contributed by atoms with Crippen LogP contribution in [0.5, 0.6) is 0 Å². The molecule has 0 bridgehead atoms. The molecule has 3 heterocycles. The number of carbonyl (C=O) groups excluding carboxylic acids is 1. The van der Waals surface area contributed by atoms with Crippen molar-refractivity contribution in [2.24, 2.45) is 5.92 Å². The highest BCUT2D eigenvalue weighted by Crippen LogP contribution is 2.36. The normalized spacial score (nSPS) is 15.2. The maximum absolute atomic E-state index is 14.0. The Labute approximate surface area is 225 Å². The molecule has 0 N–H and O–H groups in total. The summed E-state index contributed by atoms with van der Waals surface area (Å²) in [5.74, 6) is 0.524. The second kappa shape index (κ2) is 11.2. The van der Waals surface area contributed by atoms with Gasteiger partial charge in [0.25, 0.3) is 5.56 Å². The van der Waals surface area contributed by atoms with E-state index in [1.54, 1.807) is 27.9 Å². The van der Waals surface area contributed by atoms with E-state index in [9.17, 15) is 9.59 Å². The van der Waals surface area contributed by atoms with Crippen molar-refractivity contribution in [1.29, 1.82) is 0 Å². The van der Waals surface area contributed by atoms with E-state index in [1.165, 1.54) is 11.8 Å². The first-order valence-electron chi connectivity index (χ1n) is 12.6. The molecule has 6 nitrogen and oxygen atoms in total. The Morgan fingerprint density at radius 2 is 1.86 bits per heavy atom. The molecule has 5 rings (SSSR count). The van der Waals surface area contributed by atoms with E-state index in [0.29, 0.717) is 30.6 Å². The van der Waals surface area contributed by atoms with Gasteiger partial charge in [0.05, 0.1) is 23.8 Å². The molecule has 2 aromatic heterocycles. The predicted molar refractivity (Wildman–Crippen MR) is 152 cm³/mol. The molecular formula is C29H31N3O3S2. The van der Waals surface area contributed by atoms with Crippen LogP contribution in [0, 0.1) is 5.92 Å². The van der Waals surface area contributed by atoms with Crippen molar-refractivity contribution in [2.75, 3.05) is 17.7 Å². The average molecular weight is 534 g/mol. The standard InChI is InChI=1S/C29H31N3O3S2/c1-19(2)23-16-22-24(17-35-23)37-27-26(22)28(34)32(15-14-20-10-6-4-7-11-20)29(30-27)36-18-25(33)31(3)21-12-8-5-9-13-21/h4-13,19,23H,14-18H2,1-3H3/t23-/m1/s1.